The Kier molecular flexibility index (Phi) is 6.11. The van der Waals surface area contributed by atoms with Gasteiger partial charge in [0.1, 0.15) is 5.65 Å². The van der Waals surface area contributed by atoms with Crippen molar-refractivity contribution in [3.05, 3.63) is 164 Å². The van der Waals surface area contributed by atoms with Crippen molar-refractivity contribution < 1.29 is 0 Å². The average molecular weight is 626 g/mol. The number of fused-ring (bicyclic) bond motifs is 9. The first-order valence-electron chi connectivity index (χ1n) is 16.4. The summed E-state index contributed by atoms with van der Waals surface area (Å²) in [5, 5.41) is 5.99. The second-order valence-corrected chi connectivity index (χ2v) is 12.4. The van der Waals surface area contributed by atoms with Gasteiger partial charge in [0.15, 0.2) is 17.5 Å². The molecule has 0 spiro atoms. The van der Waals surface area contributed by atoms with E-state index < -0.39 is 0 Å². The molecule has 5 nitrogen and oxygen atoms in total. The molecule has 0 N–H and O–H groups in total. The van der Waals surface area contributed by atoms with Gasteiger partial charge in [-0.2, -0.15) is 0 Å². The van der Waals surface area contributed by atoms with Crippen LogP contribution in [-0.2, 0) is 0 Å². The molecule has 0 radical (unpaired) electrons. The highest BCUT2D eigenvalue weighted by molar-refractivity contribution is 6.18. The van der Waals surface area contributed by atoms with E-state index in [-0.39, 0.29) is 0 Å². The van der Waals surface area contributed by atoms with E-state index in [0.717, 1.165) is 55.4 Å². The van der Waals surface area contributed by atoms with Gasteiger partial charge in [-0.05, 0) is 57.6 Å². The summed E-state index contributed by atoms with van der Waals surface area (Å²) in [6.45, 7) is 0. The molecule has 10 rings (SSSR count). The van der Waals surface area contributed by atoms with E-state index in [0.29, 0.717) is 17.5 Å². The number of hydrogen-bond acceptors (Lipinski definition) is 4. The van der Waals surface area contributed by atoms with Crippen LogP contribution in [0, 0.1) is 0 Å². The van der Waals surface area contributed by atoms with Crippen LogP contribution in [0.5, 0.6) is 0 Å². The van der Waals surface area contributed by atoms with E-state index in [1.54, 1.807) is 0 Å². The predicted octanol–water partition coefficient (Wildman–Crippen LogP) is 10.8. The Bertz CT molecular complexity index is 2800. The largest absolute Gasteiger partial charge is 0.292 e. The van der Waals surface area contributed by atoms with Crippen molar-refractivity contribution in [2.24, 2.45) is 0 Å². The van der Waals surface area contributed by atoms with E-state index in [1.165, 1.54) is 21.5 Å². The highest BCUT2D eigenvalue weighted by atomic mass is 15.0. The van der Waals surface area contributed by atoms with Gasteiger partial charge in [0.2, 0.25) is 0 Å². The van der Waals surface area contributed by atoms with E-state index in [1.807, 2.05) is 60.7 Å². The van der Waals surface area contributed by atoms with Gasteiger partial charge < -0.3 is 0 Å². The highest BCUT2D eigenvalue weighted by Gasteiger charge is 2.16. The Morgan fingerprint density at radius 2 is 0.837 bits per heavy atom. The third kappa shape index (κ3) is 4.55. The summed E-state index contributed by atoms with van der Waals surface area (Å²) >= 11 is 0. The van der Waals surface area contributed by atoms with Crippen molar-refractivity contribution in [2.45, 2.75) is 0 Å². The lowest BCUT2D eigenvalue weighted by Crippen LogP contribution is -2.00. The van der Waals surface area contributed by atoms with E-state index in [4.69, 9.17) is 19.9 Å². The zero-order chi connectivity index (χ0) is 32.3. The zero-order valence-corrected chi connectivity index (χ0v) is 26.3. The van der Waals surface area contributed by atoms with Crippen LogP contribution in [0.25, 0.3) is 94.4 Å². The molecule has 3 heterocycles. The Hall–Kier alpha value is -6.72. The maximum atomic E-state index is 5.15. The van der Waals surface area contributed by atoms with Crippen LogP contribution in [0.2, 0.25) is 0 Å². The lowest BCUT2D eigenvalue weighted by molar-refractivity contribution is 1.07. The molecule has 10 aromatic rings. The number of aromatic nitrogens is 5. The standard InChI is InChI=1S/C44H27N5/c1-3-11-29(12-4-1)41-46-42(30-13-5-2-6-14-30)48-43(47-41)31-21-19-28(20-22-31)34-23-24-35-36-25-32-15-7-8-16-33(32)26-37(36)44-45-38-17-9-10-18-39(38)49(44)40(35)27-34/h1-27H. The van der Waals surface area contributed by atoms with Crippen LogP contribution < -0.4 is 0 Å². The summed E-state index contributed by atoms with van der Waals surface area (Å²) in [4.78, 5) is 19.8. The first-order chi connectivity index (χ1) is 24.3. The van der Waals surface area contributed by atoms with Gasteiger partial charge in [-0.15, -0.1) is 0 Å². The molecule has 0 saturated carbocycles. The zero-order valence-electron chi connectivity index (χ0n) is 26.3. The van der Waals surface area contributed by atoms with Crippen LogP contribution in [-0.4, -0.2) is 24.3 Å². The summed E-state index contributed by atoms with van der Waals surface area (Å²) < 4.78 is 2.32. The molecule has 0 atom stereocenters. The van der Waals surface area contributed by atoms with Gasteiger partial charge >= 0.3 is 0 Å². The Morgan fingerprint density at radius 3 is 1.49 bits per heavy atom. The average Bonchev–Trinajstić information content (AvgIpc) is 3.58. The van der Waals surface area contributed by atoms with Crippen LogP contribution in [0.4, 0.5) is 0 Å². The lowest BCUT2D eigenvalue weighted by atomic mass is 9.97. The number of pyridine rings is 1. The smallest absolute Gasteiger partial charge is 0.164 e. The van der Waals surface area contributed by atoms with E-state index >= 15 is 0 Å². The number of benzene rings is 7. The van der Waals surface area contributed by atoms with Gasteiger partial charge in [-0.25, -0.2) is 19.9 Å². The molecule has 0 unspecified atom stereocenters. The Balaban J connectivity index is 1.13. The summed E-state index contributed by atoms with van der Waals surface area (Å²) in [6.07, 6.45) is 0. The molecule has 0 aliphatic carbocycles. The fourth-order valence-corrected chi connectivity index (χ4v) is 6.97. The summed E-state index contributed by atoms with van der Waals surface area (Å²) in [5.74, 6) is 1.95. The van der Waals surface area contributed by atoms with Crippen LogP contribution in [0.3, 0.4) is 0 Å². The molecule has 0 aliphatic rings. The van der Waals surface area contributed by atoms with Crippen molar-refractivity contribution in [3.8, 4) is 45.3 Å². The number of para-hydroxylation sites is 2. The van der Waals surface area contributed by atoms with Gasteiger partial charge in [0, 0.05) is 27.5 Å². The Labute approximate surface area is 281 Å². The molecule has 7 aromatic carbocycles. The molecule has 49 heavy (non-hydrogen) atoms. The minimum atomic E-state index is 0.642. The van der Waals surface area contributed by atoms with Crippen LogP contribution in [0.15, 0.2) is 164 Å². The van der Waals surface area contributed by atoms with Crippen molar-refractivity contribution in [3.63, 3.8) is 0 Å². The van der Waals surface area contributed by atoms with Gasteiger partial charge in [-0.1, -0.05) is 133 Å². The molecular formula is C44H27N5. The third-order valence-corrected chi connectivity index (χ3v) is 9.39. The van der Waals surface area contributed by atoms with Crippen molar-refractivity contribution >= 4 is 49.1 Å². The van der Waals surface area contributed by atoms with Crippen molar-refractivity contribution in [1.29, 1.82) is 0 Å². The molecule has 0 fully saturated rings. The fourth-order valence-electron chi connectivity index (χ4n) is 6.97. The monoisotopic (exact) mass is 625 g/mol. The highest BCUT2D eigenvalue weighted by Crippen LogP contribution is 2.37. The first-order valence-corrected chi connectivity index (χ1v) is 16.4. The van der Waals surface area contributed by atoms with Crippen LogP contribution in [0.1, 0.15) is 0 Å². The normalized spacial score (nSPS) is 11.7. The third-order valence-electron chi connectivity index (χ3n) is 9.39. The number of nitrogens with zero attached hydrogens (tertiary/aromatic N) is 5. The molecule has 5 heteroatoms. The lowest BCUT2D eigenvalue weighted by Gasteiger charge is -2.13. The second kappa shape index (κ2) is 10.9. The molecule has 0 aliphatic heterocycles. The number of hydrogen-bond donors (Lipinski definition) is 0. The van der Waals surface area contributed by atoms with Crippen molar-refractivity contribution in [2.75, 3.05) is 0 Å². The molecular weight excluding hydrogens is 599 g/mol. The second-order valence-electron chi connectivity index (χ2n) is 12.4. The predicted molar refractivity (Wildman–Crippen MR) is 200 cm³/mol. The minimum Gasteiger partial charge on any atom is -0.292 e. The number of rotatable bonds is 4. The van der Waals surface area contributed by atoms with Crippen LogP contribution >= 0.6 is 0 Å². The van der Waals surface area contributed by atoms with E-state index in [9.17, 15) is 0 Å². The Morgan fingerprint density at radius 1 is 0.327 bits per heavy atom. The fraction of sp³-hybridized carbons (Fsp3) is 0. The topological polar surface area (TPSA) is 56.0 Å². The van der Waals surface area contributed by atoms with Gasteiger partial charge in [0.25, 0.3) is 0 Å². The van der Waals surface area contributed by atoms with Gasteiger partial charge in [0.05, 0.1) is 16.6 Å². The summed E-state index contributed by atoms with van der Waals surface area (Å²) in [7, 11) is 0. The van der Waals surface area contributed by atoms with Gasteiger partial charge in [-0.3, -0.25) is 4.40 Å². The quantitative estimate of drug-likeness (QED) is 0.144. The maximum Gasteiger partial charge on any atom is 0.164 e. The number of imidazole rings is 1. The van der Waals surface area contributed by atoms with E-state index in [2.05, 4.69) is 108 Å². The molecule has 3 aromatic heterocycles. The minimum absolute atomic E-state index is 0.642. The molecule has 0 bridgehead atoms. The maximum absolute atomic E-state index is 5.15. The molecule has 228 valence electrons. The van der Waals surface area contributed by atoms with Crippen molar-refractivity contribution in [1.82, 2.24) is 24.3 Å². The first kappa shape index (κ1) is 27.4. The molecule has 0 saturated heterocycles. The summed E-state index contributed by atoms with van der Waals surface area (Å²) in [5.41, 5.74) is 9.27. The summed E-state index contributed by atoms with van der Waals surface area (Å²) in [6, 6.07) is 57.0. The SMILES string of the molecule is c1ccc(-c2nc(-c3ccccc3)nc(-c3ccc(-c4ccc5c6cc7ccccc7cc6c6nc7ccccc7n6c5c4)cc3)n2)cc1. The molecule has 0 amide bonds.